The van der Waals surface area contributed by atoms with Gasteiger partial charge in [0.15, 0.2) is 11.5 Å². The van der Waals surface area contributed by atoms with Crippen LogP contribution < -0.4 is 14.2 Å². The van der Waals surface area contributed by atoms with Crippen molar-refractivity contribution in [2.24, 2.45) is 0 Å². The van der Waals surface area contributed by atoms with E-state index in [1.807, 2.05) is 0 Å². The third-order valence-corrected chi connectivity index (χ3v) is 6.16. The molecule has 1 aliphatic rings. The fourth-order valence-corrected chi connectivity index (χ4v) is 4.36. The Balaban J connectivity index is 1.74. The van der Waals surface area contributed by atoms with E-state index in [4.69, 9.17) is 14.2 Å². The minimum atomic E-state index is -4.55. The van der Waals surface area contributed by atoms with Crippen LogP contribution in [0.25, 0.3) is 0 Å². The lowest BCUT2D eigenvalue weighted by Crippen LogP contribution is -2.42. The lowest BCUT2D eigenvalue weighted by atomic mass is 9.91. The van der Waals surface area contributed by atoms with Crippen molar-refractivity contribution in [3.8, 4) is 17.2 Å². The molecular formula is C26H23F3N2O6. The topological polar surface area (TPSA) is 91.1 Å². The summed E-state index contributed by atoms with van der Waals surface area (Å²) in [5.41, 5.74) is 0.168. The average Bonchev–Trinajstić information content (AvgIpc) is 2.90. The van der Waals surface area contributed by atoms with E-state index < -0.39 is 28.6 Å². The first-order chi connectivity index (χ1) is 17.6. The van der Waals surface area contributed by atoms with Crippen LogP contribution in [0.5, 0.6) is 17.2 Å². The second kappa shape index (κ2) is 10.4. The van der Waals surface area contributed by atoms with Crippen LogP contribution in [0.2, 0.25) is 0 Å². The fraction of sp³-hybridized carbons (Fsp3) is 0.269. The SMILES string of the molecule is COc1cc2c(cc1OC)[C@@H](COc1cccc(C(F)(F)F)c1)N(C(=O)c1ccccc1[N+](=O)[O-])CC2. The Labute approximate surface area is 210 Å². The summed E-state index contributed by atoms with van der Waals surface area (Å²) < 4.78 is 56.1. The van der Waals surface area contributed by atoms with Crippen molar-refractivity contribution in [3.63, 3.8) is 0 Å². The number of hydrogen-bond acceptors (Lipinski definition) is 6. The molecule has 0 radical (unpaired) electrons. The predicted molar refractivity (Wildman–Crippen MR) is 127 cm³/mol. The lowest BCUT2D eigenvalue weighted by Gasteiger charge is -2.37. The molecule has 0 saturated carbocycles. The smallest absolute Gasteiger partial charge is 0.416 e. The maximum absolute atomic E-state index is 13.6. The summed E-state index contributed by atoms with van der Waals surface area (Å²) in [5.74, 6) is 0.258. The van der Waals surface area contributed by atoms with E-state index in [0.717, 1.165) is 17.7 Å². The van der Waals surface area contributed by atoms with Crippen LogP contribution >= 0.6 is 0 Å². The number of alkyl halides is 3. The molecule has 0 fully saturated rings. The number of ether oxygens (including phenoxy) is 3. The molecule has 0 bridgehead atoms. The zero-order valence-electron chi connectivity index (χ0n) is 19.9. The first-order valence-corrected chi connectivity index (χ1v) is 11.2. The van der Waals surface area contributed by atoms with Gasteiger partial charge in [-0.2, -0.15) is 13.2 Å². The number of hydrogen-bond donors (Lipinski definition) is 0. The molecule has 0 spiro atoms. The molecule has 1 heterocycles. The zero-order valence-corrected chi connectivity index (χ0v) is 19.9. The second-order valence-electron chi connectivity index (χ2n) is 8.28. The Hall–Kier alpha value is -4.28. The van der Waals surface area contributed by atoms with Gasteiger partial charge in [-0.05, 0) is 53.9 Å². The van der Waals surface area contributed by atoms with E-state index >= 15 is 0 Å². The molecule has 0 N–H and O–H groups in total. The van der Waals surface area contributed by atoms with Gasteiger partial charge in [0.2, 0.25) is 0 Å². The van der Waals surface area contributed by atoms with E-state index in [-0.39, 0.29) is 30.2 Å². The Morgan fingerprint density at radius 1 is 1.05 bits per heavy atom. The van der Waals surface area contributed by atoms with Gasteiger partial charge in [-0.25, -0.2) is 0 Å². The van der Waals surface area contributed by atoms with Crippen molar-refractivity contribution in [3.05, 3.63) is 93.0 Å². The molecule has 1 atom stereocenters. The zero-order chi connectivity index (χ0) is 26.7. The molecule has 0 saturated heterocycles. The first kappa shape index (κ1) is 25.8. The summed E-state index contributed by atoms with van der Waals surface area (Å²) in [6.45, 7) is 0.000146. The Morgan fingerprint density at radius 3 is 2.43 bits per heavy atom. The van der Waals surface area contributed by atoms with Crippen molar-refractivity contribution in [1.29, 1.82) is 0 Å². The number of methoxy groups -OCH3 is 2. The van der Waals surface area contributed by atoms with Crippen LogP contribution in [0.4, 0.5) is 18.9 Å². The molecule has 3 aromatic rings. The van der Waals surface area contributed by atoms with Gasteiger partial charge in [-0.15, -0.1) is 0 Å². The number of para-hydroxylation sites is 1. The third kappa shape index (κ3) is 5.30. The van der Waals surface area contributed by atoms with E-state index in [1.54, 1.807) is 12.1 Å². The van der Waals surface area contributed by atoms with E-state index in [0.29, 0.717) is 23.5 Å². The molecular weight excluding hydrogens is 493 g/mol. The van der Waals surface area contributed by atoms with Crippen LogP contribution in [0.15, 0.2) is 60.7 Å². The molecule has 1 amide bonds. The monoisotopic (exact) mass is 516 g/mol. The summed E-state index contributed by atoms with van der Waals surface area (Å²) in [5, 5.41) is 11.6. The molecule has 0 aliphatic carbocycles. The highest BCUT2D eigenvalue weighted by Crippen LogP contribution is 2.40. The quantitative estimate of drug-likeness (QED) is 0.306. The normalized spacial score (nSPS) is 15.1. The van der Waals surface area contributed by atoms with Crippen LogP contribution in [0.1, 0.15) is 33.1 Å². The van der Waals surface area contributed by atoms with Gasteiger partial charge in [0.1, 0.15) is 17.9 Å². The maximum atomic E-state index is 13.6. The number of benzene rings is 3. The number of rotatable bonds is 7. The standard InChI is InChI=1S/C26H23F3N2O6/c1-35-23-12-16-10-11-30(25(32)19-8-3-4-9-21(19)31(33)34)22(20(16)14-24(23)36-2)15-37-18-7-5-6-17(13-18)26(27,28)29/h3-9,12-14,22H,10-11,15H2,1-2H3/t22-/m1/s1. The van der Waals surface area contributed by atoms with Crippen molar-refractivity contribution in [1.82, 2.24) is 4.90 Å². The van der Waals surface area contributed by atoms with Crippen molar-refractivity contribution in [2.45, 2.75) is 18.6 Å². The highest BCUT2D eigenvalue weighted by atomic mass is 19.4. The van der Waals surface area contributed by atoms with Crippen molar-refractivity contribution < 1.29 is 37.1 Å². The summed E-state index contributed by atoms with van der Waals surface area (Å²) in [6, 6.07) is 12.7. The lowest BCUT2D eigenvalue weighted by molar-refractivity contribution is -0.385. The number of nitro benzene ring substituents is 1. The molecule has 194 valence electrons. The number of nitrogens with zero attached hydrogens (tertiary/aromatic N) is 2. The maximum Gasteiger partial charge on any atom is 0.416 e. The minimum absolute atomic E-state index is 0.0273. The van der Waals surface area contributed by atoms with Gasteiger partial charge in [0, 0.05) is 12.6 Å². The molecule has 0 unspecified atom stereocenters. The minimum Gasteiger partial charge on any atom is -0.493 e. The molecule has 1 aliphatic heterocycles. The van der Waals surface area contributed by atoms with Crippen LogP contribution in [0, 0.1) is 10.1 Å². The van der Waals surface area contributed by atoms with Gasteiger partial charge >= 0.3 is 6.18 Å². The van der Waals surface area contributed by atoms with Crippen LogP contribution in [-0.4, -0.2) is 43.1 Å². The second-order valence-corrected chi connectivity index (χ2v) is 8.28. The van der Waals surface area contributed by atoms with Gasteiger partial charge in [0.05, 0.1) is 30.7 Å². The number of carbonyl (C=O) groups excluding carboxylic acids is 1. The van der Waals surface area contributed by atoms with Gasteiger partial charge in [-0.3, -0.25) is 14.9 Å². The molecule has 8 nitrogen and oxygen atoms in total. The van der Waals surface area contributed by atoms with E-state index in [2.05, 4.69) is 0 Å². The Morgan fingerprint density at radius 2 is 1.76 bits per heavy atom. The van der Waals surface area contributed by atoms with Crippen molar-refractivity contribution >= 4 is 11.6 Å². The molecule has 0 aromatic heterocycles. The highest BCUT2D eigenvalue weighted by Gasteiger charge is 2.36. The number of nitro groups is 1. The van der Waals surface area contributed by atoms with Crippen LogP contribution in [-0.2, 0) is 12.6 Å². The van der Waals surface area contributed by atoms with Gasteiger partial charge in [-0.1, -0.05) is 18.2 Å². The molecule has 37 heavy (non-hydrogen) atoms. The first-order valence-electron chi connectivity index (χ1n) is 11.2. The summed E-state index contributed by atoms with van der Waals surface area (Å²) in [6.07, 6.45) is -4.13. The summed E-state index contributed by atoms with van der Waals surface area (Å²) >= 11 is 0. The summed E-state index contributed by atoms with van der Waals surface area (Å²) in [7, 11) is 2.95. The number of fused-ring (bicyclic) bond motifs is 1. The number of halogens is 3. The van der Waals surface area contributed by atoms with Gasteiger partial charge < -0.3 is 19.1 Å². The molecule has 4 rings (SSSR count). The van der Waals surface area contributed by atoms with Crippen molar-refractivity contribution in [2.75, 3.05) is 27.4 Å². The molecule has 11 heteroatoms. The number of carbonyl (C=O) groups is 1. The highest BCUT2D eigenvalue weighted by molar-refractivity contribution is 5.98. The average molecular weight is 516 g/mol. The van der Waals surface area contributed by atoms with Gasteiger partial charge in [0.25, 0.3) is 11.6 Å². The Kier molecular flexibility index (Phi) is 7.23. The Bertz CT molecular complexity index is 1330. The predicted octanol–water partition coefficient (Wildman–Crippen LogP) is 5.45. The number of amides is 1. The summed E-state index contributed by atoms with van der Waals surface area (Å²) in [4.78, 5) is 25.9. The largest absolute Gasteiger partial charge is 0.493 e. The fourth-order valence-electron chi connectivity index (χ4n) is 4.36. The van der Waals surface area contributed by atoms with E-state index in [9.17, 15) is 28.1 Å². The third-order valence-electron chi connectivity index (χ3n) is 6.16. The molecule has 3 aromatic carbocycles. The van der Waals surface area contributed by atoms with E-state index in [1.165, 1.54) is 55.5 Å². The van der Waals surface area contributed by atoms with Crippen LogP contribution in [0.3, 0.4) is 0 Å².